The minimum absolute atomic E-state index is 0.198. The zero-order valence-electron chi connectivity index (χ0n) is 15.5. The lowest BCUT2D eigenvalue weighted by atomic mass is 10.2. The number of carbonyl (C=O) groups is 1. The Kier molecular flexibility index (Phi) is 6.03. The summed E-state index contributed by atoms with van der Waals surface area (Å²) in [7, 11) is 0. The first-order valence-electron chi connectivity index (χ1n) is 8.52. The molecule has 2 aromatic heterocycles. The maximum absolute atomic E-state index is 11.9. The first kappa shape index (κ1) is 18.8. The molecule has 138 valence electrons. The number of nitrogens with zero attached hydrogens (tertiary/aromatic N) is 4. The van der Waals surface area contributed by atoms with Gasteiger partial charge in [-0.25, -0.2) is 15.4 Å². The molecule has 7 heteroatoms. The highest BCUT2D eigenvalue weighted by Crippen LogP contribution is 2.20. The van der Waals surface area contributed by atoms with Gasteiger partial charge in [-0.1, -0.05) is 23.9 Å². The fourth-order valence-corrected chi connectivity index (χ4v) is 3.37. The van der Waals surface area contributed by atoms with E-state index >= 15 is 0 Å². The van der Waals surface area contributed by atoms with Crippen LogP contribution >= 0.6 is 11.8 Å². The van der Waals surface area contributed by atoms with E-state index in [1.165, 1.54) is 17.3 Å². The van der Waals surface area contributed by atoms with Crippen LogP contribution in [0.1, 0.15) is 22.5 Å². The number of amides is 1. The molecule has 0 unspecified atom stereocenters. The maximum atomic E-state index is 11.9. The Labute approximate surface area is 162 Å². The summed E-state index contributed by atoms with van der Waals surface area (Å²) in [6.07, 6.45) is 4.97. The summed E-state index contributed by atoms with van der Waals surface area (Å²) in [6.45, 7) is 6.18. The van der Waals surface area contributed by atoms with Gasteiger partial charge in [0.05, 0.1) is 12.0 Å². The molecule has 0 aliphatic rings. The number of benzene rings is 1. The van der Waals surface area contributed by atoms with Gasteiger partial charge in [-0.3, -0.25) is 4.79 Å². The van der Waals surface area contributed by atoms with E-state index in [0.29, 0.717) is 5.16 Å². The molecule has 0 spiro atoms. The van der Waals surface area contributed by atoms with Gasteiger partial charge in [0.15, 0.2) is 5.16 Å². The number of thioether (sulfide) groups is 1. The smallest absolute Gasteiger partial charge is 0.250 e. The predicted molar refractivity (Wildman–Crippen MR) is 108 cm³/mol. The molecule has 0 aliphatic heterocycles. The Morgan fingerprint density at radius 3 is 2.70 bits per heavy atom. The third-order valence-electron chi connectivity index (χ3n) is 4.00. The lowest BCUT2D eigenvalue weighted by Gasteiger charge is -2.10. The number of aryl methyl sites for hydroxylation is 2. The van der Waals surface area contributed by atoms with E-state index in [2.05, 4.69) is 63.2 Å². The van der Waals surface area contributed by atoms with Gasteiger partial charge < -0.3 is 4.57 Å². The number of hydrazone groups is 1. The molecule has 0 saturated heterocycles. The second kappa shape index (κ2) is 8.64. The summed E-state index contributed by atoms with van der Waals surface area (Å²) in [6, 6.07) is 12.1. The van der Waals surface area contributed by atoms with E-state index < -0.39 is 0 Å². The summed E-state index contributed by atoms with van der Waals surface area (Å²) >= 11 is 1.27. The van der Waals surface area contributed by atoms with Gasteiger partial charge in [-0.2, -0.15) is 5.10 Å². The zero-order valence-corrected chi connectivity index (χ0v) is 16.3. The van der Waals surface area contributed by atoms with Crippen LogP contribution in [0.5, 0.6) is 0 Å². The van der Waals surface area contributed by atoms with Crippen LogP contribution in [0, 0.1) is 20.8 Å². The van der Waals surface area contributed by atoms with Crippen LogP contribution in [-0.4, -0.2) is 32.4 Å². The standard InChI is InChI=1S/C20H21N5OS/c1-14-6-4-7-18(10-14)25-15(2)11-17(16(25)3)12-23-24-19(26)13-27-20-21-8-5-9-22-20/h4-12H,13H2,1-3H3,(H,24,26). The van der Waals surface area contributed by atoms with E-state index in [0.717, 1.165) is 22.6 Å². The molecule has 1 aromatic carbocycles. The molecule has 0 atom stereocenters. The first-order valence-corrected chi connectivity index (χ1v) is 9.51. The van der Waals surface area contributed by atoms with E-state index in [1.54, 1.807) is 24.7 Å². The molecule has 1 N–H and O–H groups in total. The SMILES string of the molecule is Cc1cccc(-n2c(C)cc(C=NNC(=O)CSc3ncccn3)c2C)c1. The first-order chi connectivity index (χ1) is 13.0. The number of hydrogen-bond donors (Lipinski definition) is 1. The summed E-state index contributed by atoms with van der Waals surface area (Å²) in [5.41, 5.74) is 8.03. The Bertz CT molecular complexity index is 966. The van der Waals surface area contributed by atoms with E-state index in [4.69, 9.17) is 0 Å². The Balaban J connectivity index is 1.64. The number of aromatic nitrogens is 3. The normalized spacial score (nSPS) is 11.1. The van der Waals surface area contributed by atoms with Gasteiger partial charge in [-0.05, 0) is 50.6 Å². The van der Waals surface area contributed by atoms with Crippen molar-refractivity contribution in [2.45, 2.75) is 25.9 Å². The molecule has 0 radical (unpaired) electrons. The van der Waals surface area contributed by atoms with Crippen molar-refractivity contribution in [1.29, 1.82) is 0 Å². The number of nitrogens with one attached hydrogen (secondary N) is 1. The van der Waals surface area contributed by atoms with Crippen molar-refractivity contribution in [3.63, 3.8) is 0 Å². The van der Waals surface area contributed by atoms with Crippen molar-refractivity contribution >= 4 is 23.9 Å². The van der Waals surface area contributed by atoms with Crippen molar-refractivity contribution in [1.82, 2.24) is 20.0 Å². The molecule has 0 fully saturated rings. The van der Waals surface area contributed by atoms with Crippen molar-refractivity contribution in [3.05, 3.63) is 71.3 Å². The fourth-order valence-electron chi connectivity index (χ4n) is 2.78. The molecule has 6 nitrogen and oxygen atoms in total. The van der Waals surface area contributed by atoms with Gasteiger partial charge >= 0.3 is 0 Å². The Morgan fingerprint density at radius 1 is 1.19 bits per heavy atom. The minimum atomic E-state index is -0.198. The average Bonchev–Trinajstić information content (AvgIpc) is 2.94. The van der Waals surface area contributed by atoms with Crippen LogP contribution in [0.25, 0.3) is 5.69 Å². The quantitative estimate of drug-likeness (QED) is 0.308. The number of rotatable bonds is 6. The largest absolute Gasteiger partial charge is 0.318 e. The van der Waals surface area contributed by atoms with Crippen LogP contribution < -0.4 is 5.43 Å². The van der Waals surface area contributed by atoms with Crippen molar-refractivity contribution in [2.24, 2.45) is 5.10 Å². The third kappa shape index (κ3) is 4.83. The van der Waals surface area contributed by atoms with Gasteiger partial charge in [0.1, 0.15) is 0 Å². The lowest BCUT2D eigenvalue weighted by Crippen LogP contribution is -2.19. The number of hydrogen-bond acceptors (Lipinski definition) is 5. The van der Waals surface area contributed by atoms with Gasteiger partial charge in [0.25, 0.3) is 5.91 Å². The Hall–Kier alpha value is -2.93. The van der Waals surface area contributed by atoms with Crippen molar-refractivity contribution < 1.29 is 4.79 Å². The molecule has 1 amide bonds. The van der Waals surface area contributed by atoms with Crippen molar-refractivity contribution in [2.75, 3.05) is 5.75 Å². The van der Waals surface area contributed by atoms with Crippen LogP contribution in [0.2, 0.25) is 0 Å². The summed E-state index contributed by atoms with van der Waals surface area (Å²) < 4.78 is 2.18. The van der Waals surface area contributed by atoms with Crippen LogP contribution in [0.4, 0.5) is 0 Å². The molecule has 0 bridgehead atoms. The molecular formula is C20H21N5OS. The number of carbonyl (C=O) groups excluding carboxylic acids is 1. The topological polar surface area (TPSA) is 72.2 Å². The lowest BCUT2D eigenvalue weighted by molar-refractivity contribution is -0.118. The summed E-state index contributed by atoms with van der Waals surface area (Å²) in [5.74, 6) is 0.0140. The zero-order chi connectivity index (χ0) is 19.2. The molecule has 0 saturated carbocycles. The molecule has 3 rings (SSSR count). The summed E-state index contributed by atoms with van der Waals surface area (Å²) in [5, 5.41) is 4.66. The highest BCUT2D eigenvalue weighted by atomic mass is 32.2. The van der Waals surface area contributed by atoms with Gasteiger partial charge in [0.2, 0.25) is 0 Å². The maximum Gasteiger partial charge on any atom is 0.250 e. The van der Waals surface area contributed by atoms with Crippen LogP contribution in [0.3, 0.4) is 0 Å². The summed E-state index contributed by atoms with van der Waals surface area (Å²) in [4.78, 5) is 20.1. The molecule has 3 aromatic rings. The second-order valence-electron chi connectivity index (χ2n) is 6.11. The van der Waals surface area contributed by atoms with E-state index in [1.807, 2.05) is 13.0 Å². The highest BCUT2D eigenvalue weighted by molar-refractivity contribution is 7.99. The van der Waals surface area contributed by atoms with E-state index in [9.17, 15) is 4.79 Å². The molecule has 0 aliphatic carbocycles. The molecule has 27 heavy (non-hydrogen) atoms. The monoisotopic (exact) mass is 379 g/mol. The second-order valence-corrected chi connectivity index (χ2v) is 7.06. The predicted octanol–water partition coefficient (Wildman–Crippen LogP) is 3.43. The van der Waals surface area contributed by atoms with Crippen molar-refractivity contribution in [3.8, 4) is 5.69 Å². The Morgan fingerprint density at radius 2 is 1.96 bits per heavy atom. The minimum Gasteiger partial charge on any atom is -0.318 e. The fraction of sp³-hybridized carbons (Fsp3) is 0.200. The van der Waals surface area contributed by atoms with Gasteiger partial charge in [-0.15, -0.1) is 0 Å². The molecule has 2 heterocycles. The molecular weight excluding hydrogens is 358 g/mol. The van der Waals surface area contributed by atoms with E-state index in [-0.39, 0.29) is 11.7 Å². The third-order valence-corrected chi connectivity index (χ3v) is 4.87. The average molecular weight is 379 g/mol. The van der Waals surface area contributed by atoms with Crippen LogP contribution in [0.15, 0.2) is 59.0 Å². The van der Waals surface area contributed by atoms with Gasteiger partial charge in [0, 0.05) is 35.0 Å². The highest BCUT2D eigenvalue weighted by Gasteiger charge is 2.10. The van der Waals surface area contributed by atoms with Crippen LogP contribution in [-0.2, 0) is 4.79 Å².